The van der Waals surface area contributed by atoms with Crippen molar-refractivity contribution >= 4 is 23.4 Å². The molecule has 1 saturated heterocycles. The lowest BCUT2D eigenvalue weighted by molar-refractivity contribution is 0.0904. The molecule has 0 spiro atoms. The van der Waals surface area contributed by atoms with E-state index in [2.05, 4.69) is 11.4 Å². The Balaban J connectivity index is 1.87. The molecule has 0 aliphatic carbocycles. The number of benzene rings is 2. The third-order valence-corrected chi connectivity index (χ3v) is 5.67. The highest BCUT2D eigenvalue weighted by Gasteiger charge is 2.18. The summed E-state index contributed by atoms with van der Waals surface area (Å²) in [7, 11) is 3.26. The van der Waals surface area contributed by atoms with Gasteiger partial charge in [0.1, 0.15) is 0 Å². The number of primary amides is 1. The lowest BCUT2D eigenvalue weighted by Crippen LogP contribution is -2.29. The molecule has 0 unspecified atom stereocenters. The molecule has 150 valence electrons. The summed E-state index contributed by atoms with van der Waals surface area (Å²) < 4.78 is 16.3. The van der Waals surface area contributed by atoms with E-state index in [-0.39, 0.29) is 6.04 Å². The number of methoxy groups -OCH3 is 2. The van der Waals surface area contributed by atoms with Crippen LogP contribution >= 0.6 is 11.8 Å². The zero-order chi connectivity index (χ0) is 20.1. The summed E-state index contributed by atoms with van der Waals surface area (Å²) in [6, 6.07) is 9.94. The number of anilines is 1. The highest BCUT2D eigenvalue weighted by molar-refractivity contribution is 7.99. The van der Waals surface area contributed by atoms with Crippen molar-refractivity contribution in [3.8, 4) is 11.5 Å². The molecule has 0 aromatic heterocycles. The third-order valence-electron chi connectivity index (χ3n) is 4.71. The Labute approximate surface area is 169 Å². The fourth-order valence-electron chi connectivity index (χ4n) is 3.30. The van der Waals surface area contributed by atoms with Crippen molar-refractivity contribution in [1.29, 1.82) is 0 Å². The third kappa shape index (κ3) is 4.72. The SMILES string of the molecule is COc1cc(Sc2ccc(C(N)=O)c(NC3CCOCC3)c2)cc(C)c1OC. The number of aryl methyl sites for hydroxylation is 1. The molecule has 1 amide bonds. The van der Waals surface area contributed by atoms with Crippen LogP contribution in [0, 0.1) is 6.92 Å². The molecule has 28 heavy (non-hydrogen) atoms. The van der Waals surface area contributed by atoms with Crippen LogP contribution in [-0.4, -0.2) is 39.4 Å². The lowest BCUT2D eigenvalue weighted by atomic mass is 10.1. The van der Waals surface area contributed by atoms with E-state index in [9.17, 15) is 4.79 Å². The summed E-state index contributed by atoms with van der Waals surface area (Å²) in [6.45, 7) is 3.44. The van der Waals surface area contributed by atoms with Gasteiger partial charge in [0, 0.05) is 34.7 Å². The minimum Gasteiger partial charge on any atom is -0.493 e. The maximum atomic E-state index is 11.9. The highest BCUT2D eigenvalue weighted by Crippen LogP contribution is 2.39. The molecular weight excluding hydrogens is 376 g/mol. The van der Waals surface area contributed by atoms with Gasteiger partial charge in [-0.05, 0) is 55.7 Å². The predicted octanol–water partition coefficient (Wildman–Crippen LogP) is 3.85. The van der Waals surface area contributed by atoms with Crippen LogP contribution in [0.25, 0.3) is 0 Å². The Bertz CT molecular complexity index is 851. The van der Waals surface area contributed by atoms with E-state index < -0.39 is 5.91 Å². The number of ether oxygens (including phenoxy) is 3. The molecular formula is C21H26N2O4S. The summed E-state index contributed by atoms with van der Waals surface area (Å²) in [5.41, 5.74) is 7.83. The van der Waals surface area contributed by atoms with Crippen LogP contribution in [0.1, 0.15) is 28.8 Å². The van der Waals surface area contributed by atoms with Crippen LogP contribution in [0.2, 0.25) is 0 Å². The number of hydrogen-bond donors (Lipinski definition) is 2. The predicted molar refractivity (Wildman–Crippen MR) is 111 cm³/mol. The molecule has 3 rings (SSSR count). The second-order valence-electron chi connectivity index (χ2n) is 6.68. The molecule has 1 fully saturated rings. The Morgan fingerprint density at radius 1 is 1.14 bits per heavy atom. The molecule has 0 radical (unpaired) electrons. The van der Waals surface area contributed by atoms with Gasteiger partial charge >= 0.3 is 0 Å². The van der Waals surface area contributed by atoms with E-state index in [0.717, 1.165) is 52.8 Å². The number of carbonyl (C=O) groups is 1. The standard InChI is InChI=1S/C21H26N2O4S/c1-13-10-16(12-19(25-2)20(13)26-3)28-15-4-5-17(21(22)24)18(11-15)23-14-6-8-27-9-7-14/h4-5,10-12,14,23H,6-9H2,1-3H3,(H2,22,24). The normalized spacial score (nSPS) is 14.5. The lowest BCUT2D eigenvalue weighted by Gasteiger charge is -2.25. The average molecular weight is 403 g/mol. The number of hydrogen-bond acceptors (Lipinski definition) is 6. The maximum Gasteiger partial charge on any atom is 0.250 e. The molecule has 1 heterocycles. The molecule has 6 nitrogen and oxygen atoms in total. The number of nitrogens with one attached hydrogen (secondary N) is 1. The fourth-order valence-corrected chi connectivity index (χ4v) is 4.29. The van der Waals surface area contributed by atoms with E-state index in [1.165, 1.54) is 0 Å². The van der Waals surface area contributed by atoms with E-state index in [0.29, 0.717) is 11.3 Å². The summed E-state index contributed by atoms with van der Waals surface area (Å²) in [5.74, 6) is 0.991. The van der Waals surface area contributed by atoms with Gasteiger partial charge in [0.15, 0.2) is 11.5 Å². The van der Waals surface area contributed by atoms with Crippen molar-refractivity contribution in [1.82, 2.24) is 0 Å². The van der Waals surface area contributed by atoms with Crippen molar-refractivity contribution in [2.24, 2.45) is 5.73 Å². The van der Waals surface area contributed by atoms with Gasteiger partial charge in [-0.15, -0.1) is 0 Å². The van der Waals surface area contributed by atoms with Gasteiger partial charge in [-0.1, -0.05) is 11.8 Å². The highest BCUT2D eigenvalue weighted by atomic mass is 32.2. The van der Waals surface area contributed by atoms with Crippen LogP contribution in [0.15, 0.2) is 40.1 Å². The monoisotopic (exact) mass is 402 g/mol. The average Bonchev–Trinajstić information content (AvgIpc) is 2.68. The molecule has 0 atom stereocenters. The molecule has 2 aromatic carbocycles. The molecule has 1 aliphatic heterocycles. The number of nitrogens with two attached hydrogens (primary N) is 1. The van der Waals surface area contributed by atoms with E-state index in [1.54, 1.807) is 32.0 Å². The second-order valence-corrected chi connectivity index (χ2v) is 7.83. The van der Waals surface area contributed by atoms with Crippen LogP contribution in [0.3, 0.4) is 0 Å². The summed E-state index contributed by atoms with van der Waals surface area (Å²) in [4.78, 5) is 13.9. The first kappa shape index (κ1) is 20.4. The zero-order valence-corrected chi connectivity index (χ0v) is 17.2. The summed E-state index contributed by atoms with van der Waals surface area (Å²) in [6.07, 6.45) is 1.81. The molecule has 7 heteroatoms. The van der Waals surface area contributed by atoms with Gasteiger partial charge < -0.3 is 25.3 Å². The summed E-state index contributed by atoms with van der Waals surface area (Å²) in [5, 5.41) is 3.47. The minimum absolute atomic E-state index is 0.274. The Hall–Kier alpha value is -2.38. The topological polar surface area (TPSA) is 82.8 Å². The van der Waals surface area contributed by atoms with E-state index in [4.69, 9.17) is 19.9 Å². The fraction of sp³-hybridized carbons (Fsp3) is 0.381. The van der Waals surface area contributed by atoms with Crippen LogP contribution in [-0.2, 0) is 4.74 Å². The number of amides is 1. The molecule has 0 saturated carbocycles. The smallest absolute Gasteiger partial charge is 0.250 e. The Morgan fingerprint density at radius 3 is 2.54 bits per heavy atom. The minimum atomic E-state index is -0.437. The van der Waals surface area contributed by atoms with Gasteiger partial charge in [0.25, 0.3) is 5.91 Å². The van der Waals surface area contributed by atoms with Gasteiger partial charge in [-0.25, -0.2) is 0 Å². The second kappa shape index (κ2) is 9.21. The first-order valence-corrected chi connectivity index (χ1v) is 10.0. The molecule has 3 N–H and O–H groups in total. The van der Waals surface area contributed by atoms with E-state index in [1.807, 2.05) is 25.1 Å². The van der Waals surface area contributed by atoms with Gasteiger partial charge in [0.05, 0.1) is 19.8 Å². The van der Waals surface area contributed by atoms with Crippen molar-refractivity contribution < 1.29 is 19.0 Å². The first-order chi connectivity index (χ1) is 13.5. The number of rotatable bonds is 7. The van der Waals surface area contributed by atoms with E-state index >= 15 is 0 Å². The molecule has 2 aromatic rings. The number of carbonyl (C=O) groups excluding carboxylic acids is 1. The Morgan fingerprint density at radius 2 is 1.89 bits per heavy atom. The molecule has 1 aliphatic rings. The quantitative estimate of drug-likeness (QED) is 0.732. The largest absolute Gasteiger partial charge is 0.493 e. The summed E-state index contributed by atoms with van der Waals surface area (Å²) >= 11 is 1.59. The van der Waals surface area contributed by atoms with Gasteiger partial charge in [0.2, 0.25) is 0 Å². The van der Waals surface area contributed by atoms with Crippen LogP contribution in [0.4, 0.5) is 5.69 Å². The Kier molecular flexibility index (Phi) is 6.70. The zero-order valence-electron chi connectivity index (χ0n) is 16.4. The van der Waals surface area contributed by atoms with Gasteiger partial charge in [-0.3, -0.25) is 4.79 Å². The van der Waals surface area contributed by atoms with Crippen molar-refractivity contribution in [3.63, 3.8) is 0 Å². The van der Waals surface area contributed by atoms with Crippen LogP contribution < -0.4 is 20.5 Å². The first-order valence-electron chi connectivity index (χ1n) is 9.20. The van der Waals surface area contributed by atoms with Crippen molar-refractivity contribution in [3.05, 3.63) is 41.5 Å². The van der Waals surface area contributed by atoms with Crippen LogP contribution in [0.5, 0.6) is 11.5 Å². The molecule has 0 bridgehead atoms. The van der Waals surface area contributed by atoms with Crippen molar-refractivity contribution in [2.45, 2.75) is 35.6 Å². The van der Waals surface area contributed by atoms with Crippen molar-refractivity contribution in [2.75, 3.05) is 32.8 Å². The maximum absolute atomic E-state index is 11.9. The van der Waals surface area contributed by atoms with Gasteiger partial charge in [-0.2, -0.15) is 0 Å².